The fraction of sp³-hybridized carbons (Fsp3) is 0.588. The molecule has 0 aliphatic heterocycles. The van der Waals surface area contributed by atoms with Crippen LogP contribution in [0.15, 0.2) is 18.2 Å². The Labute approximate surface area is 114 Å². The highest BCUT2D eigenvalue weighted by atomic mass is 19.1. The molecular formula is C17H20FN. The maximum Gasteiger partial charge on any atom is 0.141 e. The number of nitriles is 1. The summed E-state index contributed by atoms with van der Waals surface area (Å²) in [4.78, 5) is 0. The first-order valence-corrected chi connectivity index (χ1v) is 7.33. The quantitative estimate of drug-likeness (QED) is 0.753. The molecule has 0 unspecified atom stereocenters. The van der Waals surface area contributed by atoms with E-state index in [1.54, 1.807) is 12.1 Å². The van der Waals surface area contributed by atoms with E-state index in [0.29, 0.717) is 5.41 Å². The molecule has 1 aromatic rings. The van der Waals surface area contributed by atoms with Crippen LogP contribution in [0.5, 0.6) is 0 Å². The molecule has 0 amide bonds. The Hall–Kier alpha value is -1.36. The van der Waals surface area contributed by atoms with Gasteiger partial charge in [-0.1, -0.05) is 19.4 Å². The van der Waals surface area contributed by atoms with E-state index < -0.39 is 0 Å². The predicted molar refractivity (Wildman–Crippen MR) is 73.2 cm³/mol. The second-order valence-electron chi connectivity index (χ2n) is 6.44. The van der Waals surface area contributed by atoms with Crippen molar-refractivity contribution < 1.29 is 4.39 Å². The molecule has 4 rings (SSSR count). The van der Waals surface area contributed by atoms with Crippen LogP contribution < -0.4 is 0 Å². The molecule has 1 nitrogen and oxygen atoms in total. The van der Waals surface area contributed by atoms with Gasteiger partial charge in [0.25, 0.3) is 0 Å². The van der Waals surface area contributed by atoms with E-state index in [-0.39, 0.29) is 16.8 Å². The number of nitrogens with zero attached hydrogens (tertiary/aromatic N) is 1. The fourth-order valence-electron chi connectivity index (χ4n) is 4.16. The minimum atomic E-state index is -0.354. The summed E-state index contributed by atoms with van der Waals surface area (Å²) in [7, 11) is 0. The Morgan fingerprint density at radius 2 is 1.79 bits per heavy atom. The fourth-order valence-corrected chi connectivity index (χ4v) is 4.16. The average molecular weight is 257 g/mol. The summed E-state index contributed by atoms with van der Waals surface area (Å²) in [5.41, 5.74) is 2.04. The minimum Gasteiger partial charge on any atom is -0.206 e. The minimum absolute atomic E-state index is 0.162. The van der Waals surface area contributed by atoms with Gasteiger partial charge in [-0.25, -0.2) is 4.39 Å². The zero-order valence-electron chi connectivity index (χ0n) is 11.5. The molecular weight excluding hydrogens is 237 g/mol. The third-order valence-electron chi connectivity index (χ3n) is 5.85. The van der Waals surface area contributed by atoms with Gasteiger partial charge in [-0.15, -0.1) is 0 Å². The Bertz CT molecular complexity index is 516. The molecule has 2 heteroatoms. The topological polar surface area (TPSA) is 23.8 Å². The van der Waals surface area contributed by atoms with Crippen LogP contribution in [-0.4, -0.2) is 0 Å². The largest absolute Gasteiger partial charge is 0.206 e. The lowest BCUT2D eigenvalue weighted by Gasteiger charge is -2.53. The van der Waals surface area contributed by atoms with Crippen molar-refractivity contribution in [2.45, 2.75) is 57.3 Å². The second kappa shape index (κ2) is 4.34. The second-order valence-corrected chi connectivity index (χ2v) is 6.44. The van der Waals surface area contributed by atoms with E-state index in [0.717, 1.165) is 5.56 Å². The van der Waals surface area contributed by atoms with Crippen molar-refractivity contribution in [3.63, 3.8) is 0 Å². The monoisotopic (exact) mass is 257 g/mol. The van der Waals surface area contributed by atoms with Gasteiger partial charge in [-0.05, 0) is 67.1 Å². The van der Waals surface area contributed by atoms with Crippen molar-refractivity contribution in [2.75, 3.05) is 0 Å². The molecule has 3 fully saturated rings. The van der Waals surface area contributed by atoms with Crippen molar-refractivity contribution in [2.24, 2.45) is 5.41 Å². The molecule has 100 valence electrons. The summed E-state index contributed by atoms with van der Waals surface area (Å²) >= 11 is 0. The molecule has 19 heavy (non-hydrogen) atoms. The van der Waals surface area contributed by atoms with Gasteiger partial charge in [0, 0.05) is 0 Å². The molecule has 0 aromatic heterocycles. The first kappa shape index (κ1) is 12.7. The molecule has 1 aromatic carbocycles. The molecule has 3 saturated carbocycles. The van der Waals surface area contributed by atoms with Gasteiger partial charge in [-0.3, -0.25) is 0 Å². The van der Waals surface area contributed by atoms with Gasteiger partial charge in [-0.2, -0.15) is 5.26 Å². The number of hydrogen-bond donors (Lipinski definition) is 0. The molecule has 3 aliphatic rings. The number of rotatable bonds is 2. The lowest BCUT2D eigenvalue weighted by atomic mass is 9.51. The Kier molecular flexibility index (Phi) is 2.89. The van der Waals surface area contributed by atoms with Crippen molar-refractivity contribution >= 4 is 0 Å². The van der Waals surface area contributed by atoms with Crippen LogP contribution in [0.2, 0.25) is 0 Å². The Balaban J connectivity index is 1.92. The zero-order valence-corrected chi connectivity index (χ0v) is 11.5. The molecule has 0 atom stereocenters. The van der Waals surface area contributed by atoms with Gasteiger partial charge in [0.2, 0.25) is 0 Å². The van der Waals surface area contributed by atoms with Crippen LogP contribution in [0.25, 0.3) is 0 Å². The van der Waals surface area contributed by atoms with Crippen molar-refractivity contribution in [3.8, 4) is 6.07 Å². The van der Waals surface area contributed by atoms with E-state index in [1.807, 2.05) is 12.1 Å². The maximum absolute atomic E-state index is 13.8. The van der Waals surface area contributed by atoms with Gasteiger partial charge in [0.1, 0.15) is 11.9 Å². The summed E-state index contributed by atoms with van der Waals surface area (Å²) in [5, 5.41) is 8.82. The highest BCUT2D eigenvalue weighted by Gasteiger charge is 2.48. The molecule has 0 radical (unpaired) electrons. The lowest BCUT2D eigenvalue weighted by molar-refractivity contribution is 0.0365. The van der Waals surface area contributed by atoms with Crippen LogP contribution >= 0.6 is 0 Å². The van der Waals surface area contributed by atoms with Crippen LogP contribution in [0.4, 0.5) is 4.39 Å². The van der Waals surface area contributed by atoms with Gasteiger partial charge in [0.15, 0.2) is 0 Å². The lowest BCUT2D eigenvalue weighted by Crippen LogP contribution is -2.43. The van der Waals surface area contributed by atoms with Crippen molar-refractivity contribution in [3.05, 3.63) is 35.1 Å². The van der Waals surface area contributed by atoms with E-state index in [9.17, 15) is 4.39 Å². The SMILES string of the molecule is CCC12CCC(c3ccc(C#N)c(F)c3)(CC1)CC2. The Morgan fingerprint density at radius 3 is 2.26 bits per heavy atom. The van der Waals surface area contributed by atoms with Gasteiger partial charge >= 0.3 is 0 Å². The average Bonchev–Trinajstić information content (AvgIpc) is 2.49. The smallest absolute Gasteiger partial charge is 0.141 e. The number of benzene rings is 1. The molecule has 0 heterocycles. The third-order valence-corrected chi connectivity index (χ3v) is 5.85. The molecule has 0 N–H and O–H groups in total. The van der Waals surface area contributed by atoms with Crippen LogP contribution in [-0.2, 0) is 5.41 Å². The summed E-state index contributed by atoms with van der Waals surface area (Å²) in [6.07, 6.45) is 8.69. The zero-order chi connectivity index (χ0) is 13.5. The number of halogens is 1. The van der Waals surface area contributed by atoms with Crippen molar-refractivity contribution in [1.82, 2.24) is 0 Å². The number of fused-ring (bicyclic) bond motifs is 3. The highest BCUT2D eigenvalue weighted by molar-refractivity contribution is 5.37. The summed E-state index contributed by atoms with van der Waals surface area (Å²) < 4.78 is 13.8. The van der Waals surface area contributed by atoms with Gasteiger partial charge < -0.3 is 0 Å². The summed E-state index contributed by atoms with van der Waals surface area (Å²) in [6, 6.07) is 7.15. The van der Waals surface area contributed by atoms with E-state index in [4.69, 9.17) is 5.26 Å². The van der Waals surface area contributed by atoms with E-state index in [2.05, 4.69) is 6.92 Å². The number of hydrogen-bond acceptors (Lipinski definition) is 1. The van der Waals surface area contributed by atoms with E-state index in [1.165, 1.54) is 44.9 Å². The maximum atomic E-state index is 13.8. The predicted octanol–water partition coefficient (Wildman–Crippen LogP) is 4.70. The molecule has 3 aliphatic carbocycles. The third kappa shape index (κ3) is 1.87. The first-order valence-electron chi connectivity index (χ1n) is 7.33. The van der Waals surface area contributed by atoms with E-state index >= 15 is 0 Å². The summed E-state index contributed by atoms with van der Waals surface area (Å²) in [6.45, 7) is 2.31. The summed E-state index contributed by atoms with van der Waals surface area (Å²) in [5.74, 6) is -0.354. The van der Waals surface area contributed by atoms with Crippen molar-refractivity contribution in [1.29, 1.82) is 5.26 Å². The van der Waals surface area contributed by atoms with Crippen LogP contribution in [0.3, 0.4) is 0 Å². The molecule has 0 spiro atoms. The molecule has 2 bridgehead atoms. The Morgan fingerprint density at radius 1 is 1.16 bits per heavy atom. The normalized spacial score (nSPS) is 33.1. The molecule has 0 saturated heterocycles. The van der Waals surface area contributed by atoms with Crippen LogP contribution in [0, 0.1) is 22.6 Å². The highest BCUT2D eigenvalue weighted by Crippen LogP contribution is 2.58. The standard InChI is InChI=1S/C17H20FN/c1-2-16-5-8-17(9-6-16,10-7-16)14-4-3-13(12-19)15(18)11-14/h3-4,11H,2,5-10H2,1H3. The first-order chi connectivity index (χ1) is 9.13. The van der Waals surface area contributed by atoms with Gasteiger partial charge in [0.05, 0.1) is 5.56 Å². The van der Waals surface area contributed by atoms with Crippen LogP contribution in [0.1, 0.15) is 63.0 Å².